The number of amides is 1. The molecule has 0 atom stereocenters. The smallest absolute Gasteiger partial charge is 0.283 e. The van der Waals surface area contributed by atoms with Crippen molar-refractivity contribution in [3.05, 3.63) is 59.7 Å². The molecule has 37 heavy (non-hydrogen) atoms. The van der Waals surface area contributed by atoms with E-state index in [1.54, 1.807) is 13.2 Å². The van der Waals surface area contributed by atoms with E-state index in [1.165, 1.54) is 36.0 Å². The summed E-state index contributed by atoms with van der Waals surface area (Å²) in [6.07, 6.45) is 8.38. The van der Waals surface area contributed by atoms with Crippen LogP contribution in [-0.2, 0) is 4.79 Å². The number of hydrogen-bond acceptors (Lipinski definition) is 7. The second-order valence-corrected chi connectivity index (χ2v) is 9.67. The molecule has 0 aromatic heterocycles. The molecule has 9 heteroatoms. The molecule has 194 valence electrons. The Hall–Kier alpha value is -3.59. The summed E-state index contributed by atoms with van der Waals surface area (Å²) in [4.78, 5) is 16.9. The van der Waals surface area contributed by atoms with Gasteiger partial charge in [-0.25, -0.2) is 0 Å². The number of unbranched alkanes of at least 4 members (excludes halogenated alkanes) is 4. The van der Waals surface area contributed by atoms with E-state index >= 15 is 0 Å². The molecule has 8 nitrogen and oxygen atoms in total. The maximum absolute atomic E-state index is 12.7. The number of thioether (sulfide) groups is 1. The first-order valence-electron chi connectivity index (χ1n) is 12.6. The zero-order chi connectivity index (χ0) is 26.0. The topological polar surface area (TPSA) is 96.6 Å². The van der Waals surface area contributed by atoms with Crippen molar-refractivity contribution >= 4 is 39.8 Å². The number of amidine groups is 2. The molecule has 1 amide bonds. The summed E-state index contributed by atoms with van der Waals surface area (Å²) >= 11 is 1.39. The fraction of sp³-hybridized carbons (Fsp3) is 0.357. The highest BCUT2D eigenvalue weighted by Crippen LogP contribution is 2.30. The van der Waals surface area contributed by atoms with Crippen LogP contribution >= 0.6 is 11.8 Å². The molecule has 2 heterocycles. The van der Waals surface area contributed by atoms with Gasteiger partial charge in [0.15, 0.2) is 5.84 Å². The molecule has 0 saturated carbocycles. The summed E-state index contributed by atoms with van der Waals surface area (Å²) in [6, 6.07) is 14.8. The fourth-order valence-electron chi connectivity index (χ4n) is 3.88. The Morgan fingerprint density at radius 3 is 2.43 bits per heavy atom. The molecule has 2 aliphatic heterocycles. The van der Waals surface area contributed by atoms with E-state index in [0.29, 0.717) is 29.9 Å². The van der Waals surface area contributed by atoms with Crippen LogP contribution in [0.4, 0.5) is 0 Å². The number of ether oxygens (including phenoxy) is 3. The molecule has 2 aromatic rings. The van der Waals surface area contributed by atoms with Crippen LogP contribution in [0.15, 0.2) is 64.2 Å². The van der Waals surface area contributed by atoms with Gasteiger partial charge in [0, 0.05) is 6.07 Å². The number of fused-ring (bicyclic) bond motifs is 1. The minimum Gasteiger partial charge on any atom is -0.497 e. The third kappa shape index (κ3) is 7.22. The molecule has 2 aromatic carbocycles. The highest BCUT2D eigenvalue weighted by atomic mass is 32.2. The van der Waals surface area contributed by atoms with E-state index in [4.69, 9.17) is 19.6 Å². The summed E-state index contributed by atoms with van der Waals surface area (Å²) < 4.78 is 16.7. The Morgan fingerprint density at radius 1 is 0.973 bits per heavy atom. The van der Waals surface area contributed by atoms with Gasteiger partial charge >= 0.3 is 0 Å². The number of hydrazone groups is 1. The Labute approximate surface area is 221 Å². The van der Waals surface area contributed by atoms with Gasteiger partial charge in [-0.15, -0.1) is 0 Å². The minimum absolute atomic E-state index is 0.0430. The van der Waals surface area contributed by atoms with Gasteiger partial charge in [0.05, 0.1) is 12.7 Å². The first kappa shape index (κ1) is 26.5. The van der Waals surface area contributed by atoms with Crippen LogP contribution < -0.4 is 14.2 Å². The first-order chi connectivity index (χ1) is 18.1. The van der Waals surface area contributed by atoms with Crippen LogP contribution in [0.2, 0.25) is 0 Å². The van der Waals surface area contributed by atoms with Crippen molar-refractivity contribution in [1.82, 2.24) is 5.01 Å². The van der Waals surface area contributed by atoms with Crippen molar-refractivity contribution in [2.45, 2.75) is 45.4 Å². The second kappa shape index (κ2) is 13.1. The lowest BCUT2D eigenvalue weighted by atomic mass is 10.1. The highest BCUT2D eigenvalue weighted by molar-refractivity contribution is 8.26. The minimum atomic E-state index is -0.429. The van der Waals surface area contributed by atoms with E-state index < -0.39 is 5.91 Å². The summed E-state index contributed by atoms with van der Waals surface area (Å²) in [6.45, 7) is 2.91. The molecule has 0 radical (unpaired) electrons. The second-order valence-electron chi connectivity index (χ2n) is 8.63. The summed E-state index contributed by atoms with van der Waals surface area (Å²) in [5.74, 6) is 1.69. The number of carbonyl (C=O) groups excluding carboxylic acids is 1. The van der Waals surface area contributed by atoms with Crippen molar-refractivity contribution in [3.63, 3.8) is 0 Å². The average molecular weight is 521 g/mol. The summed E-state index contributed by atoms with van der Waals surface area (Å²) in [5, 5.41) is 16.0. The van der Waals surface area contributed by atoms with Crippen LogP contribution in [0.25, 0.3) is 6.08 Å². The Kier molecular flexibility index (Phi) is 9.37. The lowest BCUT2D eigenvalue weighted by Gasteiger charge is -2.20. The molecule has 0 aliphatic carbocycles. The van der Waals surface area contributed by atoms with Crippen LogP contribution in [0.5, 0.6) is 17.2 Å². The summed E-state index contributed by atoms with van der Waals surface area (Å²) in [5.41, 5.74) is 0.945. The van der Waals surface area contributed by atoms with Crippen LogP contribution in [0.3, 0.4) is 0 Å². The lowest BCUT2D eigenvalue weighted by Crippen LogP contribution is -2.35. The van der Waals surface area contributed by atoms with Gasteiger partial charge < -0.3 is 14.2 Å². The normalized spacial score (nSPS) is 15.9. The molecule has 4 rings (SSSR count). The van der Waals surface area contributed by atoms with E-state index in [0.717, 1.165) is 35.6 Å². The first-order valence-corrected chi connectivity index (χ1v) is 13.4. The molecular weight excluding hydrogens is 488 g/mol. The molecule has 0 bridgehead atoms. The zero-order valence-electron chi connectivity index (χ0n) is 21.2. The molecule has 2 aliphatic rings. The number of methoxy groups -OCH3 is 1. The molecule has 0 fully saturated rings. The molecule has 0 unspecified atom stereocenters. The van der Waals surface area contributed by atoms with Gasteiger partial charge in [0.25, 0.3) is 5.91 Å². The SMILES string of the molecule is CCCCCCCC1=NN2C(=N)/C(=C/c3cccc(OCCOc4cccc(OC)c4)c3)C(=O)N=C2S1. The van der Waals surface area contributed by atoms with Gasteiger partial charge in [-0.1, -0.05) is 50.8 Å². The van der Waals surface area contributed by atoms with Gasteiger partial charge in [-0.2, -0.15) is 15.1 Å². The maximum Gasteiger partial charge on any atom is 0.283 e. The lowest BCUT2D eigenvalue weighted by molar-refractivity contribution is -0.114. The number of hydrogen-bond donors (Lipinski definition) is 1. The standard InChI is InChI=1S/C28H32N4O4S/c1-3-4-5-6-7-14-25-31-32-26(29)24(27(33)30-28(32)37-25)18-20-10-8-12-22(17-20)35-15-16-36-23-13-9-11-21(19-23)34-2/h8-13,17-19,29H,3-7,14-16H2,1-2H3/b24-18-,29-26?. The predicted molar refractivity (Wildman–Crippen MR) is 149 cm³/mol. The quantitative estimate of drug-likeness (QED) is 0.252. The van der Waals surface area contributed by atoms with Gasteiger partial charge in [-0.05, 0) is 60.5 Å². The van der Waals surface area contributed by atoms with E-state index in [9.17, 15) is 4.79 Å². The van der Waals surface area contributed by atoms with Gasteiger partial charge in [-0.3, -0.25) is 10.2 Å². The van der Waals surface area contributed by atoms with Gasteiger partial charge in [0.1, 0.15) is 35.5 Å². The maximum atomic E-state index is 12.7. The average Bonchev–Trinajstić information content (AvgIpc) is 3.32. The number of nitrogens with zero attached hydrogens (tertiary/aromatic N) is 3. The molecule has 0 saturated heterocycles. The molecule has 0 spiro atoms. The number of rotatable bonds is 13. The Balaban J connectivity index is 1.34. The van der Waals surface area contributed by atoms with E-state index in [2.05, 4.69) is 17.0 Å². The molecular formula is C28H32N4O4S. The van der Waals surface area contributed by atoms with Crippen molar-refractivity contribution < 1.29 is 19.0 Å². The van der Waals surface area contributed by atoms with Crippen molar-refractivity contribution in [2.24, 2.45) is 10.1 Å². The van der Waals surface area contributed by atoms with Gasteiger partial charge in [0.2, 0.25) is 5.17 Å². The fourth-order valence-corrected chi connectivity index (χ4v) is 4.81. The number of benzene rings is 2. The zero-order valence-corrected chi connectivity index (χ0v) is 22.1. The largest absolute Gasteiger partial charge is 0.497 e. The molecule has 1 N–H and O–H groups in total. The van der Waals surface area contributed by atoms with Crippen LogP contribution in [0.1, 0.15) is 51.0 Å². The van der Waals surface area contributed by atoms with E-state index in [1.807, 2.05) is 48.5 Å². The number of nitrogens with one attached hydrogen (secondary N) is 1. The van der Waals surface area contributed by atoms with Crippen molar-refractivity contribution in [1.29, 1.82) is 5.41 Å². The third-order valence-corrected chi connectivity index (χ3v) is 6.79. The monoisotopic (exact) mass is 520 g/mol. The van der Waals surface area contributed by atoms with Crippen LogP contribution in [-0.4, -0.2) is 47.3 Å². The number of carbonyl (C=O) groups is 1. The van der Waals surface area contributed by atoms with Crippen LogP contribution in [0, 0.1) is 5.41 Å². The Morgan fingerprint density at radius 2 is 1.68 bits per heavy atom. The highest BCUT2D eigenvalue weighted by Gasteiger charge is 2.35. The number of aliphatic imine (C=N–C) groups is 1. The van der Waals surface area contributed by atoms with E-state index in [-0.39, 0.29) is 11.4 Å². The van der Waals surface area contributed by atoms with Crippen molar-refractivity contribution in [2.75, 3.05) is 20.3 Å². The predicted octanol–water partition coefficient (Wildman–Crippen LogP) is 6.13. The third-order valence-electron chi connectivity index (χ3n) is 5.82. The Bertz CT molecular complexity index is 1220. The summed E-state index contributed by atoms with van der Waals surface area (Å²) in [7, 11) is 1.61. The van der Waals surface area contributed by atoms with Crippen molar-refractivity contribution in [3.8, 4) is 17.2 Å².